The van der Waals surface area contributed by atoms with Crippen LogP contribution in [0.1, 0.15) is 18.6 Å². The molecule has 1 atom stereocenters. The summed E-state index contributed by atoms with van der Waals surface area (Å²) in [5, 5.41) is 2.83. The monoisotopic (exact) mass is 436 g/mol. The van der Waals surface area contributed by atoms with E-state index in [2.05, 4.69) is 31.2 Å². The van der Waals surface area contributed by atoms with Crippen LogP contribution in [0.2, 0.25) is 0 Å². The number of rotatable bonds is 4. The smallest absolute Gasteiger partial charge is 0.413 e. The van der Waals surface area contributed by atoms with Crippen LogP contribution in [-0.2, 0) is 4.74 Å². The zero-order valence-electron chi connectivity index (χ0n) is 15.0. The highest BCUT2D eigenvalue weighted by Crippen LogP contribution is 2.29. The molecular formula is C21H17BrN4O2. The van der Waals surface area contributed by atoms with Gasteiger partial charge in [0.25, 0.3) is 0 Å². The van der Waals surface area contributed by atoms with Crippen LogP contribution in [0.15, 0.2) is 77.5 Å². The lowest BCUT2D eigenvalue weighted by Gasteiger charge is -2.14. The van der Waals surface area contributed by atoms with E-state index in [1.54, 1.807) is 22.9 Å². The highest BCUT2D eigenvalue weighted by Gasteiger charge is 2.19. The van der Waals surface area contributed by atoms with E-state index in [0.29, 0.717) is 17.3 Å². The molecule has 0 bridgehead atoms. The summed E-state index contributed by atoms with van der Waals surface area (Å²) in [5.74, 6) is 1.00. The normalized spacial score (nSPS) is 11.9. The maximum Gasteiger partial charge on any atom is 0.413 e. The Kier molecular flexibility index (Phi) is 5.08. The summed E-state index contributed by atoms with van der Waals surface area (Å²) in [6.07, 6.45) is 2.52. The van der Waals surface area contributed by atoms with Gasteiger partial charge in [-0.1, -0.05) is 58.4 Å². The van der Waals surface area contributed by atoms with E-state index in [1.165, 1.54) is 0 Å². The highest BCUT2D eigenvalue weighted by atomic mass is 79.9. The van der Waals surface area contributed by atoms with Crippen molar-refractivity contribution in [2.24, 2.45) is 0 Å². The standard InChI is InChI=1S/C21H17BrN4O2/c1-14(15-6-3-2-4-7-15)28-21(27)25-19-18(16-8-10-17(22)11-9-16)24-20-23-12-5-13-26(19)20/h2-14H,1H3,(H,25,27). The van der Waals surface area contributed by atoms with E-state index in [0.717, 1.165) is 15.6 Å². The van der Waals surface area contributed by atoms with Crippen molar-refractivity contribution in [3.05, 3.63) is 83.1 Å². The number of carbonyl (C=O) groups excluding carboxylic acids is 1. The topological polar surface area (TPSA) is 68.5 Å². The van der Waals surface area contributed by atoms with Gasteiger partial charge in [-0.05, 0) is 30.7 Å². The minimum absolute atomic E-state index is 0.380. The fourth-order valence-electron chi connectivity index (χ4n) is 2.89. The van der Waals surface area contributed by atoms with Gasteiger partial charge in [0, 0.05) is 22.4 Å². The molecule has 140 valence electrons. The highest BCUT2D eigenvalue weighted by molar-refractivity contribution is 9.10. The molecule has 1 unspecified atom stereocenters. The molecule has 2 aromatic carbocycles. The van der Waals surface area contributed by atoms with Crippen molar-refractivity contribution in [2.75, 3.05) is 5.32 Å². The maximum absolute atomic E-state index is 12.6. The molecule has 0 saturated heterocycles. The predicted molar refractivity (Wildman–Crippen MR) is 111 cm³/mol. The molecule has 6 nitrogen and oxygen atoms in total. The quantitative estimate of drug-likeness (QED) is 0.460. The zero-order chi connectivity index (χ0) is 19.5. The van der Waals surface area contributed by atoms with Gasteiger partial charge in [-0.3, -0.25) is 9.72 Å². The Morgan fingerprint density at radius 2 is 1.86 bits per heavy atom. The number of aromatic nitrogens is 3. The van der Waals surface area contributed by atoms with E-state index < -0.39 is 6.09 Å². The van der Waals surface area contributed by atoms with Crippen molar-refractivity contribution in [1.29, 1.82) is 0 Å². The number of hydrogen-bond donors (Lipinski definition) is 1. The van der Waals surface area contributed by atoms with Crippen molar-refractivity contribution in [3.8, 4) is 11.3 Å². The van der Waals surface area contributed by atoms with Crippen LogP contribution >= 0.6 is 15.9 Å². The summed E-state index contributed by atoms with van der Waals surface area (Å²) >= 11 is 3.43. The van der Waals surface area contributed by atoms with E-state index in [1.807, 2.05) is 61.5 Å². The average molecular weight is 437 g/mol. The molecule has 7 heteroatoms. The molecule has 4 aromatic rings. The first-order valence-corrected chi connectivity index (χ1v) is 9.53. The fourth-order valence-corrected chi connectivity index (χ4v) is 3.16. The number of ether oxygens (including phenoxy) is 1. The average Bonchev–Trinajstić information content (AvgIpc) is 3.07. The third-order valence-corrected chi connectivity index (χ3v) is 4.82. The summed E-state index contributed by atoms with van der Waals surface area (Å²) in [6.45, 7) is 1.83. The molecule has 1 N–H and O–H groups in total. The molecule has 2 heterocycles. The largest absolute Gasteiger partial charge is 0.441 e. The molecule has 0 saturated carbocycles. The first-order chi connectivity index (χ1) is 13.6. The van der Waals surface area contributed by atoms with E-state index in [9.17, 15) is 4.79 Å². The van der Waals surface area contributed by atoms with Crippen molar-refractivity contribution in [3.63, 3.8) is 0 Å². The number of nitrogens with zero attached hydrogens (tertiary/aromatic N) is 3. The van der Waals surface area contributed by atoms with Gasteiger partial charge < -0.3 is 4.74 Å². The predicted octanol–water partition coefficient (Wildman–Crippen LogP) is 5.47. The van der Waals surface area contributed by atoms with Gasteiger partial charge in [-0.25, -0.2) is 14.8 Å². The summed E-state index contributed by atoms with van der Waals surface area (Å²) in [5.41, 5.74) is 2.40. The molecule has 0 aliphatic heterocycles. The van der Waals surface area contributed by atoms with Gasteiger partial charge in [0.05, 0.1) is 0 Å². The third-order valence-electron chi connectivity index (χ3n) is 4.29. The van der Waals surface area contributed by atoms with Crippen molar-refractivity contribution >= 4 is 33.6 Å². The SMILES string of the molecule is CC(OC(=O)Nc1c(-c2ccc(Br)cc2)nc2ncccn12)c1ccccc1. The summed E-state index contributed by atoms with van der Waals surface area (Å²) in [6, 6.07) is 19.1. The van der Waals surface area contributed by atoms with Gasteiger partial charge in [0.15, 0.2) is 0 Å². The van der Waals surface area contributed by atoms with Crippen LogP contribution in [0.5, 0.6) is 0 Å². The van der Waals surface area contributed by atoms with Crippen molar-refractivity contribution in [2.45, 2.75) is 13.0 Å². The molecular weight excluding hydrogens is 420 g/mol. The van der Waals surface area contributed by atoms with Crippen LogP contribution < -0.4 is 5.32 Å². The van der Waals surface area contributed by atoms with Crippen molar-refractivity contribution in [1.82, 2.24) is 14.4 Å². The Bertz CT molecular complexity index is 1110. The van der Waals surface area contributed by atoms with E-state index in [-0.39, 0.29) is 6.10 Å². The number of carbonyl (C=O) groups is 1. The van der Waals surface area contributed by atoms with Crippen molar-refractivity contribution < 1.29 is 9.53 Å². The Morgan fingerprint density at radius 1 is 1.11 bits per heavy atom. The molecule has 0 spiro atoms. The lowest BCUT2D eigenvalue weighted by molar-refractivity contribution is 0.121. The van der Waals surface area contributed by atoms with Gasteiger partial charge >= 0.3 is 6.09 Å². The second kappa shape index (κ2) is 7.82. The Labute approximate surface area is 170 Å². The minimum Gasteiger partial charge on any atom is -0.441 e. The number of fused-ring (bicyclic) bond motifs is 1. The zero-order valence-corrected chi connectivity index (χ0v) is 16.6. The number of anilines is 1. The van der Waals surface area contributed by atoms with Crippen LogP contribution in [-0.4, -0.2) is 20.5 Å². The van der Waals surface area contributed by atoms with Gasteiger partial charge in [0.1, 0.15) is 17.6 Å². The van der Waals surface area contributed by atoms with Gasteiger partial charge in [-0.15, -0.1) is 0 Å². The van der Waals surface area contributed by atoms with E-state index in [4.69, 9.17) is 4.74 Å². The Balaban J connectivity index is 1.64. The van der Waals surface area contributed by atoms with Crippen LogP contribution in [0.4, 0.5) is 10.6 Å². The van der Waals surface area contributed by atoms with Crippen LogP contribution in [0, 0.1) is 0 Å². The number of imidazole rings is 1. The Morgan fingerprint density at radius 3 is 2.61 bits per heavy atom. The summed E-state index contributed by atoms with van der Waals surface area (Å²) in [7, 11) is 0. The fraction of sp³-hybridized carbons (Fsp3) is 0.0952. The molecule has 0 aliphatic carbocycles. The second-order valence-corrected chi connectivity index (χ2v) is 7.10. The second-order valence-electron chi connectivity index (χ2n) is 6.19. The molecule has 1 amide bonds. The molecule has 4 rings (SSSR count). The summed E-state index contributed by atoms with van der Waals surface area (Å²) < 4.78 is 8.24. The van der Waals surface area contributed by atoms with E-state index >= 15 is 0 Å². The number of amides is 1. The first-order valence-electron chi connectivity index (χ1n) is 8.73. The molecule has 0 aliphatic rings. The molecule has 0 radical (unpaired) electrons. The van der Waals surface area contributed by atoms with Gasteiger partial charge in [0.2, 0.25) is 5.78 Å². The maximum atomic E-state index is 12.6. The number of hydrogen-bond acceptors (Lipinski definition) is 4. The number of halogens is 1. The third kappa shape index (κ3) is 3.75. The lowest BCUT2D eigenvalue weighted by Crippen LogP contribution is -2.17. The minimum atomic E-state index is -0.555. The lowest BCUT2D eigenvalue weighted by atomic mass is 10.1. The summed E-state index contributed by atoms with van der Waals surface area (Å²) in [4.78, 5) is 21.4. The molecule has 2 aromatic heterocycles. The van der Waals surface area contributed by atoms with Crippen LogP contribution in [0.25, 0.3) is 17.0 Å². The number of nitrogens with one attached hydrogen (secondary N) is 1. The molecule has 0 fully saturated rings. The van der Waals surface area contributed by atoms with Crippen LogP contribution in [0.3, 0.4) is 0 Å². The first kappa shape index (κ1) is 18.2. The molecule has 28 heavy (non-hydrogen) atoms. The number of benzene rings is 2. The Hall–Kier alpha value is -3.19. The van der Waals surface area contributed by atoms with Gasteiger partial charge in [-0.2, -0.15) is 0 Å².